The van der Waals surface area contributed by atoms with Crippen molar-refractivity contribution >= 4 is 44.9 Å². The molecule has 1 fully saturated rings. The summed E-state index contributed by atoms with van der Waals surface area (Å²) in [6.45, 7) is 11.1. The topological polar surface area (TPSA) is 174 Å². The molecule has 1 saturated heterocycles. The number of carbonyl (C=O) groups excluding carboxylic acids is 5. The van der Waals surface area contributed by atoms with Gasteiger partial charge in [-0.2, -0.15) is 0 Å². The molecular formula is C43H75N8O8P. The summed E-state index contributed by atoms with van der Waals surface area (Å²) in [6, 6.07) is 7.11. The third kappa shape index (κ3) is 15.5. The van der Waals surface area contributed by atoms with Gasteiger partial charge in [0, 0.05) is 69.1 Å². The number of methoxy groups -OCH3 is 2. The predicted octanol–water partition coefficient (Wildman–Crippen LogP) is 3.20. The molecule has 1 aliphatic rings. The summed E-state index contributed by atoms with van der Waals surface area (Å²) in [7, 11) is 15.0. The van der Waals surface area contributed by atoms with Crippen LogP contribution in [0.25, 0.3) is 0 Å². The lowest BCUT2D eigenvalue weighted by Crippen LogP contribution is -2.55. The number of guanidine groups is 1. The Labute approximate surface area is 361 Å². The zero-order valence-corrected chi connectivity index (χ0v) is 39.4. The number of nitrogens with zero attached hydrogens (tertiary/aromatic N) is 5. The number of aliphatic imine (C=N–C) groups is 1. The van der Waals surface area contributed by atoms with Crippen LogP contribution < -0.4 is 16.0 Å². The summed E-state index contributed by atoms with van der Waals surface area (Å²) in [5.41, 5.74) is 0.882. The molecule has 340 valence electrons. The van der Waals surface area contributed by atoms with E-state index in [2.05, 4.69) is 39.0 Å². The summed E-state index contributed by atoms with van der Waals surface area (Å²) in [5.74, 6) is -1.09. The molecule has 0 radical (unpaired) electrons. The fourth-order valence-electron chi connectivity index (χ4n) is 7.68. The fourth-order valence-corrected chi connectivity index (χ4v) is 8.01. The maximum Gasteiger partial charge on any atom is 0.407 e. The molecule has 0 aliphatic carbocycles. The summed E-state index contributed by atoms with van der Waals surface area (Å²) in [4.78, 5) is 79.4. The number of alkyl carbamates (subject to hydrolysis) is 1. The first-order chi connectivity index (χ1) is 28.4. The first-order valence-electron chi connectivity index (χ1n) is 21.2. The van der Waals surface area contributed by atoms with Crippen LogP contribution in [-0.2, 0) is 40.0 Å². The second kappa shape index (κ2) is 26.4. The number of likely N-dealkylation sites (N-methyl/N-ethyl adjacent to an activating group) is 1. The van der Waals surface area contributed by atoms with Crippen molar-refractivity contribution in [3.63, 3.8) is 0 Å². The average molecular weight is 863 g/mol. The van der Waals surface area contributed by atoms with E-state index in [4.69, 9.17) is 19.2 Å². The number of hydrogen-bond donors (Lipinski definition) is 3. The Balaban J connectivity index is 2.08. The Hall–Kier alpha value is -4.01. The molecule has 0 aromatic heterocycles. The van der Waals surface area contributed by atoms with Gasteiger partial charge >= 0.3 is 6.09 Å². The van der Waals surface area contributed by atoms with Crippen LogP contribution in [0, 0.1) is 17.8 Å². The predicted molar refractivity (Wildman–Crippen MR) is 238 cm³/mol. The van der Waals surface area contributed by atoms with E-state index < -0.39 is 42.3 Å². The maximum atomic E-state index is 14.2. The van der Waals surface area contributed by atoms with Crippen molar-refractivity contribution in [3.8, 4) is 0 Å². The van der Waals surface area contributed by atoms with E-state index in [1.54, 1.807) is 30.9 Å². The van der Waals surface area contributed by atoms with E-state index >= 15 is 0 Å². The minimum absolute atomic E-state index is 0.00739. The number of benzene rings is 1. The molecule has 16 nitrogen and oxygen atoms in total. The molecule has 1 aliphatic heterocycles. The molecule has 1 unspecified atom stereocenters. The Bertz CT molecular complexity index is 1520. The highest BCUT2D eigenvalue weighted by atomic mass is 31.0. The van der Waals surface area contributed by atoms with E-state index in [0.29, 0.717) is 31.9 Å². The second-order valence-corrected chi connectivity index (χ2v) is 16.9. The first-order valence-corrected chi connectivity index (χ1v) is 22.0. The molecule has 3 N–H and O–H groups in total. The number of likely N-dealkylation sites (tertiary alicyclic amines) is 1. The van der Waals surface area contributed by atoms with Crippen LogP contribution in [0.15, 0.2) is 35.3 Å². The molecular weight excluding hydrogens is 787 g/mol. The minimum atomic E-state index is -0.814. The summed E-state index contributed by atoms with van der Waals surface area (Å²) >= 11 is 0. The molecule has 17 heteroatoms. The molecule has 1 aromatic carbocycles. The van der Waals surface area contributed by atoms with E-state index in [9.17, 15) is 24.0 Å². The van der Waals surface area contributed by atoms with Gasteiger partial charge in [0.15, 0.2) is 5.96 Å². The zero-order chi connectivity index (χ0) is 45.1. The van der Waals surface area contributed by atoms with Crippen LogP contribution in [-0.4, -0.2) is 167 Å². The fraction of sp³-hybridized carbons (Fsp3) is 0.721. The molecule has 0 bridgehead atoms. The molecule has 0 spiro atoms. The number of ether oxygens (including phenoxy) is 3. The third-order valence-corrected chi connectivity index (χ3v) is 11.7. The number of nitrogens with one attached hydrogen (secondary N) is 3. The summed E-state index contributed by atoms with van der Waals surface area (Å²) in [6.07, 6.45) is 1.13. The van der Waals surface area contributed by atoms with E-state index in [1.807, 2.05) is 82.2 Å². The van der Waals surface area contributed by atoms with Crippen LogP contribution in [0.5, 0.6) is 0 Å². The normalized spacial score (nSPS) is 17.3. The molecule has 5 amide bonds. The molecule has 60 heavy (non-hydrogen) atoms. The number of hydrogen-bond acceptors (Lipinski definition) is 9. The Morgan fingerprint density at radius 3 is 2.10 bits per heavy atom. The third-order valence-electron chi connectivity index (χ3n) is 11.2. The largest absolute Gasteiger partial charge is 0.445 e. The van der Waals surface area contributed by atoms with Crippen molar-refractivity contribution in [1.82, 2.24) is 35.6 Å². The number of rotatable bonds is 23. The van der Waals surface area contributed by atoms with Crippen LogP contribution in [0.2, 0.25) is 0 Å². The quantitative estimate of drug-likeness (QED) is 0.0642. The van der Waals surface area contributed by atoms with Crippen LogP contribution in [0.1, 0.15) is 72.3 Å². The van der Waals surface area contributed by atoms with E-state index in [-0.39, 0.29) is 67.2 Å². The molecule has 9 atom stereocenters. The van der Waals surface area contributed by atoms with Gasteiger partial charge in [-0.25, -0.2) is 9.79 Å². The van der Waals surface area contributed by atoms with Gasteiger partial charge in [0.2, 0.25) is 23.6 Å². The highest BCUT2D eigenvalue weighted by Gasteiger charge is 2.43. The van der Waals surface area contributed by atoms with Gasteiger partial charge in [0.1, 0.15) is 18.7 Å². The SMILES string of the molecule is CC[C@H](C)[C@@H]([C@@H](CC(=O)N1CCC[C@H]1[C@H](OC)[C@@H](C)C(=O)N[C@@H](CP)C(=O)NCCCNC(=O)OCc1ccccc1)OC)N(C)C(=O)[C@@H](N=C(N(C)C)N(C)C)C(C)C. The van der Waals surface area contributed by atoms with E-state index in [1.165, 1.54) is 7.11 Å². The lowest BCUT2D eigenvalue weighted by atomic mass is 9.89. The van der Waals surface area contributed by atoms with Gasteiger partial charge in [0.25, 0.3) is 0 Å². The maximum absolute atomic E-state index is 14.2. The van der Waals surface area contributed by atoms with E-state index in [0.717, 1.165) is 18.4 Å². The summed E-state index contributed by atoms with van der Waals surface area (Å²) in [5, 5.41) is 8.36. The zero-order valence-electron chi connectivity index (χ0n) is 38.2. The van der Waals surface area contributed by atoms with Gasteiger partial charge in [0.05, 0.1) is 36.6 Å². The molecule has 1 aromatic rings. The smallest absolute Gasteiger partial charge is 0.407 e. The molecule has 0 saturated carbocycles. The van der Waals surface area contributed by atoms with Crippen molar-refractivity contribution in [3.05, 3.63) is 35.9 Å². The standard InChI is InChI=1S/C43H75N8O8P/c1-13-29(4)37(50(10)41(55)36(28(2)3)47-42(48(6)7)49(8)9)34(57-11)25-35(52)51-24-17-21-33(51)38(58-12)30(5)39(53)46-32(27-60)40(54)44-22-18-23-45-43(56)59-26-31-19-15-14-16-20-31/h14-16,19-20,28-30,32-34,36-38H,13,17-18,21-27,60H2,1-12H3,(H,44,54)(H,45,56)(H,46,53)/t29-,30+,32-,33-,34+,36-,37-,38+/m0/s1. The van der Waals surface area contributed by atoms with Gasteiger partial charge in [-0.3, -0.25) is 19.2 Å². The highest BCUT2D eigenvalue weighted by Crippen LogP contribution is 2.30. The van der Waals surface area contributed by atoms with Crippen molar-refractivity contribution in [2.75, 3.05) is 75.3 Å². The van der Waals surface area contributed by atoms with Crippen molar-refractivity contribution in [2.24, 2.45) is 22.7 Å². The lowest BCUT2D eigenvalue weighted by molar-refractivity contribution is -0.146. The molecule has 2 rings (SSSR count). The minimum Gasteiger partial charge on any atom is -0.445 e. The lowest BCUT2D eigenvalue weighted by Gasteiger charge is -2.40. The number of amides is 5. The Morgan fingerprint density at radius 1 is 0.917 bits per heavy atom. The monoisotopic (exact) mass is 863 g/mol. The van der Waals surface area contributed by atoms with Crippen molar-refractivity contribution in [2.45, 2.75) is 110 Å². The van der Waals surface area contributed by atoms with Crippen molar-refractivity contribution in [1.29, 1.82) is 0 Å². The van der Waals surface area contributed by atoms with Gasteiger partial charge in [-0.15, -0.1) is 9.24 Å². The van der Waals surface area contributed by atoms with Gasteiger partial charge in [-0.1, -0.05) is 71.4 Å². The summed E-state index contributed by atoms with van der Waals surface area (Å²) < 4.78 is 17.2. The van der Waals surface area contributed by atoms with Gasteiger partial charge in [-0.05, 0) is 42.8 Å². The number of carbonyl (C=O) groups is 5. The molecule has 1 heterocycles. The second-order valence-electron chi connectivity index (χ2n) is 16.4. The first kappa shape index (κ1) is 52.1. The average Bonchev–Trinajstić information content (AvgIpc) is 3.71. The van der Waals surface area contributed by atoms with Crippen molar-refractivity contribution < 1.29 is 38.2 Å². The highest BCUT2D eigenvalue weighted by molar-refractivity contribution is 7.16. The Morgan fingerprint density at radius 2 is 1.55 bits per heavy atom. The Kier molecular flexibility index (Phi) is 22.9. The van der Waals surface area contributed by atoms with Crippen LogP contribution in [0.3, 0.4) is 0 Å². The van der Waals surface area contributed by atoms with Crippen LogP contribution >= 0.6 is 9.24 Å². The van der Waals surface area contributed by atoms with Gasteiger partial charge < -0.3 is 49.8 Å². The van der Waals surface area contributed by atoms with Crippen LogP contribution in [0.4, 0.5) is 4.79 Å².